The zero-order valence-electron chi connectivity index (χ0n) is 18.4. The van der Waals surface area contributed by atoms with Crippen molar-refractivity contribution in [1.29, 1.82) is 0 Å². The van der Waals surface area contributed by atoms with Crippen LogP contribution in [0.25, 0.3) is 11.1 Å². The highest BCUT2D eigenvalue weighted by Gasteiger charge is 2.33. The van der Waals surface area contributed by atoms with Crippen molar-refractivity contribution in [2.24, 2.45) is 0 Å². The highest BCUT2D eigenvalue weighted by atomic mass is 16.6. The van der Waals surface area contributed by atoms with E-state index in [0.717, 1.165) is 28.9 Å². The molecule has 0 bridgehead atoms. The number of alkyl carbamates (subject to hydrolysis) is 1. The fourth-order valence-electron chi connectivity index (χ4n) is 4.12. The van der Waals surface area contributed by atoms with Crippen LogP contribution in [0.1, 0.15) is 51.3 Å². The maximum absolute atomic E-state index is 12.3. The Morgan fingerprint density at radius 3 is 2.43 bits per heavy atom. The summed E-state index contributed by atoms with van der Waals surface area (Å²) in [4.78, 5) is 26.4. The van der Waals surface area contributed by atoms with Crippen molar-refractivity contribution in [1.82, 2.24) is 5.32 Å². The molecule has 3 N–H and O–H groups in total. The number of amides is 2. The summed E-state index contributed by atoms with van der Waals surface area (Å²) in [5.41, 5.74) is 5.22. The summed E-state index contributed by atoms with van der Waals surface area (Å²) >= 11 is 0. The zero-order valence-corrected chi connectivity index (χ0v) is 18.4. The van der Waals surface area contributed by atoms with Gasteiger partial charge in [0, 0.05) is 24.2 Å². The Balaban J connectivity index is 1.98. The standard InChI is InChI=1S/C24H31N3O3/c1-15(2)30-24(29)26-22-12-16(3)27(17(4)28)23-11-10-20(13-21(22)23)19-8-6-18(7-9-19)14-25-5/h6-11,13,15-16,22,25H,12,14H2,1-5H3,(H,26,29)/p+1/t16-,22+/m0/s1. The molecule has 1 aliphatic heterocycles. The molecule has 0 aromatic heterocycles. The smallest absolute Gasteiger partial charge is 0.407 e. The van der Waals surface area contributed by atoms with E-state index < -0.39 is 6.09 Å². The van der Waals surface area contributed by atoms with E-state index in [0.29, 0.717) is 6.42 Å². The Kier molecular flexibility index (Phi) is 6.77. The van der Waals surface area contributed by atoms with Crippen LogP contribution in [0.5, 0.6) is 0 Å². The molecule has 0 unspecified atom stereocenters. The van der Waals surface area contributed by atoms with Gasteiger partial charge in [-0.1, -0.05) is 30.3 Å². The van der Waals surface area contributed by atoms with Crippen molar-refractivity contribution < 1.29 is 19.6 Å². The molecule has 0 fully saturated rings. The lowest BCUT2D eigenvalue weighted by atomic mass is 9.89. The van der Waals surface area contributed by atoms with E-state index in [1.165, 1.54) is 5.56 Å². The number of quaternary nitrogens is 1. The number of nitrogens with one attached hydrogen (secondary N) is 1. The monoisotopic (exact) mass is 410 g/mol. The molecule has 6 heteroatoms. The topological polar surface area (TPSA) is 75.2 Å². The minimum atomic E-state index is -0.435. The zero-order chi connectivity index (χ0) is 21.8. The van der Waals surface area contributed by atoms with E-state index in [9.17, 15) is 9.59 Å². The number of hydrogen-bond acceptors (Lipinski definition) is 3. The molecule has 0 saturated carbocycles. The van der Waals surface area contributed by atoms with Gasteiger partial charge in [-0.25, -0.2) is 4.79 Å². The third-order valence-electron chi connectivity index (χ3n) is 5.38. The summed E-state index contributed by atoms with van der Waals surface area (Å²) in [5.74, 6) is -0.000115. The van der Waals surface area contributed by atoms with E-state index in [-0.39, 0.29) is 24.1 Å². The SMILES string of the molecule is C[NH2+]Cc1ccc(-c2ccc3c(c2)[C@H](NC(=O)OC(C)C)C[C@H](C)N3C(C)=O)cc1. The quantitative estimate of drug-likeness (QED) is 0.794. The Labute approximate surface area is 178 Å². The van der Waals surface area contributed by atoms with Gasteiger partial charge >= 0.3 is 6.09 Å². The average molecular weight is 411 g/mol. The average Bonchev–Trinajstić information content (AvgIpc) is 2.67. The first-order valence-electron chi connectivity index (χ1n) is 10.6. The number of nitrogens with zero attached hydrogens (tertiary/aromatic N) is 1. The summed E-state index contributed by atoms with van der Waals surface area (Å²) in [6.45, 7) is 8.18. The number of fused-ring (bicyclic) bond motifs is 1. The molecule has 2 atom stereocenters. The first-order chi connectivity index (χ1) is 14.3. The van der Waals surface area contributed by atoms with Gasteiger partial charge in [0.05, 0.1) is 19.2 Å². The predicted molar refractivity (Wildman–Crippen MR) is 118 cm³/mol. The van der Waals surface area contributed by atoms with Gasteiger partial charge in [-0.15, -0.1) is 0 Å². The van der Waals surface area contributed by atoms with Gasteiger partial charge < -0.3 is 20.3 Å². The minimum Gasteiger partial charge on any atom is -0.447 e. The van der Waals surface area contributed by atoms with Crippen LogP contribution in [0.3, 0.4) is 0 Å². The van der Waals surface area contributed by atoms with E-state index in [4.69, 9.17) is 4.74 Å². The van der Waals surface area contributed by atoms with E-state index in [1.807, 2.05) is 37.8 Å². The first kappa shape index (κ1) is 21.8. The van der Waals surface area contributed by atoms with Crippen LogP contribution in [0.2, 0.25) is 0 Å². The van der Waals surface area contributed by atoms with Crippen LogP contribution in [0, 0.1) is 0 Å². The van der Waals surface area contributed by atoms with Gasteiger partial charge in [-0.3, -0.25) is 4.79 Å². The van der Waals surface area contributed by atoms with Crippen LogP contribution in [0.4, 0.5) is 10.5 Å². The number of ether oxygens (including phenoxy) is 1. The second-order valence-corrected chi connectivity index (χ2v) is 8.21. The summed E-state index contributed by atoms with van der Waals surface area (Å²) < 4.78 is 5.29. The van der Waals surface area contributed by atoms with E-state index in [1.54, 1.807) is 6.92 Å². The maximum Gasteiger partial charge on any atom is 0.407 e. The first-order valence-corrected chi connectivity index (χ1v) is 10.6. The van der Waals surface area contributed by atoms with Gasteiger partial charge in [0.1, 0.15) is 6.54 Å². The molecule has 1 aliphatic rings. The largest absolute Gasteiger partial charge is 0.447 e. The fourth-order valence-corrected chi connectivity index (χ4v) is 4.12. The number of carbonyl (C=O) groups excluding carboxylic acids is 2. The molecule has 2 aromatic rings. The van der Waals surface area contributed by atoms with Crippen LogP contribution in [0.15, 0.2) is 42.5 Å². The predicted octanol–water partition coefficient (Wildman–Crippen LogP) is 3.37. The molecule has 3 rings (SSSR count). The third kappa shape index (κ3) is 4.82. The number of hydrogen-bond donors (Lipinski definition) is 2. The van der Waals surface area contributed by atoms with Crippen LogP contribution in [-0.4, -0.2) is 31.2 Å². The number of carbonyl (C=O) groups is 2. The lowest BCUT2D eigenvalue weighted by molar-refractivity contribution is -0.643. The van der Waals surface area contributed by atoms with Gasteiger partial charge in [-0.2, -0.15) is 0 Å². The van der Waals surface area contributed by atoms with Gasteiger partial charge in [-0.05, 0) is 56.0 Å². The van der Waals surface area contributed by atoms with Crippen molar-refractivity contribution in [3.63, 3.8) is 0 Å². The molecule has 2 amide bonds. The Bertz CT molecular complexity index is 908. The fraction of sp³-hybridized carbons (Fsp3) is 0.417. The van der Waals surface area contributed by atoms with Crippen molar-refractivity contribution in [3.8, 4) is 11.1 Å². The number of benzene rings is 2. The summed E-state index contributed by atoms with van der Waals surface area (Å²) in [6, 6.07) is 14.4. The maximum atomic E-state index is 12.3. The molecular formula is C24H32N3O3+. The van der Waals surface area contributed by atoms with Gasteiger partial charge in [0.25, 0.3) is 0 Å². The third-order valence-corrected chi connectivity index (χ3v) is 5.38. The Hall–Kier alpha value is -2.86. The second-order valence-electron chi connectivity index (χ2n) is 8.21. The lowest BCUT2D eigenvalue weighted by Gasteiger charge is -2.39. The van der Waals surface area contributed by atoms with Crippen molar-refractivity contribution >= 4 is 17.7 Å². The lowest BCUT2D eigenvalue weighted by Crippen LogP contribution is -2.77. The molecule has 30 heavy (non-hydrogen) atoms. The molecular weight excluding hydrogens is 378 g/mol. The van der Waals surface area contributed by atoms with Crippen molar-refractivity contribution in [2.75, 3.05) is 11.9 Å². The molecule has 160 valence electrons. The van der Waals surface area contributed by atoms with Crippen LogP contribution in [-0.2, 0) is 16.1 Å². The number of anilines is 1. The van der Waals surface area contributed by atoms with Gasteiger partial charge in [0.2, 0.25) is 5.91 Å². The minimum absolute atomic E-state index is 0.000115. The Morgan fingerprint density at radius 1 is 1.17 bits per heavy atom. The van der Waals surface area contributed by atoms with Crippen molar-refractivity contribution in [2.45, 2.75) is 58.8 Å². The van der Waals surface area contributed by atoms with Gasteiger partial charge in [0.15, 0.2) is 0 Å². The molecule has 0 spiro atoms. The second kappa shape index (κ2) is 9.30. The van der Waals surface area contributed by atoms with Crippen LogP contribution < -0.4 is 15.5 Å². The molecule has 0 aliphatic carbocycles. The molecule has 0 radical (unpaired) electrons. The molecule has 6 nitrogen and oxygen atoms in total. The molecule has 1 heterocycles. The molecule has 2 aromatic carbocycles. The van der Waals surface area contributed by atoms with E-state index in [2.05, 4.69) is 48.0 Å². The number of rotatable bonds is 5. The van der Waals surface area contributed by atoms with Crippen molar-refractivity contribution in [3.05, 3.63) is 53.6 Å². The summed E-state index contributed by atoms with van der Waals surface area (Å²) in [5, 5.41) is 5.13. The normalized spacial score (nSPS) is 18.1. The highest BCUT2D eigenvalue weighted by Crippen LogP contribution is 2.39. The molecule has 0 saturated heterocycles. The van der Waals surface area contributed by atoms with E-state index >= 15 is 0 Å². The Morgan fingerprint density at radius 2 is 1.83 bits per heavy atom. The summed E-state index contributed by atoms with van der Waals surface area (Å²) in [6.07, 6.45) is 0.00789. The van der Waals surface area contributed by atoms with Crippen LogP contribution >= 0.6 is 0 Å². The highest BCUT2D eigenvalue weighted by molar-refractivity contribution is 5.94. The summed E-state index contributed by atoms with van der Waals surface area (Å²) in [7, 11) is 2.05. The number of nitrogens with two attached hydrogens (primary N) is 1.